The average Bonchev–Trinajstić information content (AvgIpc) is 2.78. The number of hydrogen-bond donors (Lipinski definition) is 3. The quantitative estimate of drug-likeness (QED) is 0.661. The highest BCUT2D eigenvalue weighted by Crippen LogP contribution is 2.26. The molecule has 0 unspecified atom stereocenters. The van der Waals surface area contributed by atoms with Gasteiger partial charge in [-0.2, -0.15) is 0 Å². The molecule has 0 spiro atoms. The van der Waals surface area contributed by atoms with Crippen LogP contribution < -0.4 is 16.6 Å². The lowest BCUT2D eigenvalue weighted by Crippen LogP contribution is -2.27. The summed E-state index contributed by atoms with van der Waals surface area (Å²) in [6.45, 7) is 1.97. The highest BCUT2D eigenvalue weighted by Gasteiger charge is 2.11. The maximum atomic E-state index is 12.0. The third kappa shape index (κ3) is 2.75. The van der Waals surface area contributed by atoms with Crippen LogP contribution in [0.4, 0.5) is 5.13 Å². The Hall–Kier alpha value is -2.74. The fraction of sp³-hybridized carbons (Fsp3) is 0.0769. The average molecular weight is 302 g/mol. The molecule has 3 aromatic rings. The Labute approximate surface area is 121 Å². The summed E-state index contributed by atoms with van der Waals surface area (Å²) >= 11 is 1.32. The van der Waals surface area contributed by atoms with Crippen LogP contribution in [-0.4, -0.2) is 20.9 Å². The van der Waals surface area contributed by atoms with Crippen molar-refractivity contribution < 1.29 is 4.79 Å². The number of nitrogens with zero attached hydrogens (tertiary/aromatic N) is 1. The van der Waals surface area contributed by atoms with Gasteiger partial charge in [-0.1, -0.05) is 17.4 Å². The van der Waals surface area contributed by atoms with E-state index in [2.05, 4.69) is 15.3 Å². The number of H-pyrrole nitrogens is 2. The highest BCUT2D eigenvalue weighted by atomic mass is 32.1. The number of fused-ring (bicyclic) bond motifs is 1. The molecule has 0 aliphatic heterocycles. The fourth-order valence-electron chi connectivity index (χ4n) is 1.84. The molecule has 106 valence electrons. The minimum Gasteiger partial charge on any atom is -0.303 e. The van der Waals surface area contributed by atoms with Crippen LogP contribution in [0.3, 0.4) is 0 Å². The summed E-state index contributed by atoms with van der Waals surface area (Å²) in [5, 5.41) is 2.97. The zero-order valence-electron chi connectivity index (χ0n) is 10.9. The van der Waals surface area contributed by atoms with E-state index in [4.69, 9.17) is 0 Å². The molecule has 1 aromatic carbocycles. The molecule has 0 aliphatic rings. The molecule has 0 saturated carbocycles. The molecule has 2 heterocycles. The van der Waals surface area contributed by atoms with Crippen molar-refractivity contribution in [3.63, 3.8) is 0 Å². The number of carbonyl (C=O) groups excluding carboxylic acids is 1. The summed E-state index contributed by atoms with van der Waals surface area (Å²) in [6, 6.07) is 6.79. The number of aromatic nitrogens is 3. The summed E-state index contributed by atoms with van der Waals surface area (Å²) in [5.41, 5.74) is 0.402. The number of rotatable bonds is 2. The van der Waals surface area contributed by atoms with Gasteiger partial charge in [-0.3, -0.25) is 19.9 Å². The monoisotopic (exact) mass is 302 g/mol. The number of carbonyl (C=O) groups is 1. The number of hydrogen-bond acceptors (Lipinski definition) is 5. The minimum atomic E-state index is -0.729. The number of aryl methyl sites for hydroxylation is 1. The van der Waals surface area contributed by atoms with E-state index in [1.807, 2.05) is 30.1 Å². The van der Waals surface area contributed by atoms with Gasteiger partial charge in [0, 0.05) is 6.07 Å². The van der Waals surface area contributed by atoms with Crippen LogP contribution in [0.15, 0.2) is 33.9 Å². The molecule has 0 radical (unpaired) electrons. The van der Waals surface area contributed by atoms with Crippen molar-refractivity contribution in [2.75, 3.05) is 5.32 Å². The lowest BCUT2D eigenvalue weighted by atomic mass is 10.2. The van der Waals surface area contributed by atoms with E-state index >= 15 is 0 Å². The van der Waals surface area contributed by atoms with Crippen molar-refractivity contribution in [1.29, 1.82) is 0 Å². The van der Waals surface area contributed by atoms with E-state index in [9.17, 15) is 14.4 Å². The van der Waals surface area contributed by atoms with E-state index in [0.717, 1.165) is 21.8 Å². The van der Waals surface area contributed by atoms with E-state index in [0.29, 0.717) is 5.13 Å². The van der Waals surface area contributed by atoms with Gasteiger partial charge in [-0.05, 0) is 24.6 Å². The van der Waals surface area contributed by atoms with E-state index in [1.54, 1.807) is 0 Å². The first kappa shape index (κ1) is 13.3. The SMILES string of the molecule is Cc1ccc2nc(NC(=O)c3cc(=O)[nH]c(=O)[nH]3)sc2c1. The number of anilines is 1. The maximum Gasteiger partial charge on any atom is 0.326 e. The lowest BCUT2D eigenvalue weighted by Gasteiger charge is -1.99. The number of nitrogens with one attached hydrogen (secondary N) is 3. The van der Waals surface area contributed by atoms with Crippen molar-refractivity contribution in [2.24, 2.45) is 0 Å². The topological polar surface area (TPSA) is 108 Å². The third-order valence-electron chi connectivity index (χ3n) is 2.77. The van der Waals surface area contributed by atoms with Gasteiger partial charge in [0.25, 0.3) is 11.5 Å². The molecule has 0 fully saturated rings. The summed E-state index contributed by atoms with van der Waals surface area (Å²) in [7, 11) is 0. The van der Waals surface area contributed by atoms with E-state index in [-0.39, 0.29) is 5.69 Å². The summed E-state index contributed by atoms with van der Waals surface area (Å²) < 4.78 is 0.949. The maximum absolute atomic E-state index is 12.0. The van der Waals surface area contributed by atoms with Crippen LogP contribution in [-0.2, 0) is 0 Å². The second-order valence-corrected chi connectivity index (χ2v) is 5.48. The molecule has 0 bridgehead atoms. The first-order chi connectivity index (χ1) is 10.0. The van der Waals surface area contributed by atoms with Crippen LogP contribution >= 0.6 is 11.3 Å². The van der Waals surface area contributed by atoms with Gasteiger partial charge >= 0.3 is 5.69 Å². The molecule has 0 saturated heterocycles. The molecule has 3 rings (SSSR count). The second kappa shape index (κ2) is 4.98. The molecular formula is C13H10N4O3S. The summed E-state index contributed by atoms with van der Waals surface area (Å²) in [5.74, 6) is -0.589. The number of thiazole rings is 1. The fourth-order valence-corrected chi connectivity index (χ4v) is 2.80. The molecule has 0 atom stereocenters. The zero-order valence-corrected chi connectivity index (χ0v) is 11.7. The second-order valence-electron chi connectivity index (χ2n) is 4.45. The minimum absolute atomic E-state index is 0.112. The van der Waals surface area contributed by atoms with Gasteiger partial charge in [-0.25, -0.2) is 9.78 Å². The molecule has 0 aliphatic carbocycles. The Kier molecular flexibility index (Phi) is 3.15. The van der Waals surface area contributed by atoms with E-state index < -0.39 is 17.2 Å². The lowest BCUT2D eigenvalue weighted by molar-refractivity contribution is 0.102. The van der Waals surface area contributed by atoms with Gasteiger partial charge in [0.15, 0.2) is 5.13 Å². The van der Waals surface area contributed by atoms with Gasteiger partial charge in [0.05, 0.1) is 10.2 Å². The molecule has 21 heavy (non-hydrogen) atoms. The molecule has 2 aromatic heterocycles. The third-order valence-corrected chi connectivity index (χ3v) is 3.70. The van der Waals surface area contributed by atoms with Crippen molar-refractivity contribution in [3.8, 4) is 0 Å². The molecule has 3 N–H and O–H groups in total. The molecular weight excluding hydrogens is 292 g/mol. The first-order valence-electron chi connectivity index (χ1n) is 6.03. The molecule has 8 heteroatoms. The number of aromatic amines is 2. The normalized spacial score (nSPS) is 10.7. The Morgan fingerprint density at radius 1 is 1.24 bits per heavy atom. The molecule has 1 amide bonds. The smallest absolute Gasteiger partial charge is 0.303 e. The van der Waals surface area contributed by atoms with Gasteiger partial charge in [0.1, 0.15) is 5.69 Å². The largest absolute Gasteiger partial charge is 0.326 e. The van der Waals surface area contributed by atoms with Crippen LogP contribution in [0.25, 0.3) is 10.2 Å². The Bertz CT molecular complexity index is 925. The Morgan fingerprint density at radius 3 is 2.81 bits per heavy atom. The summed E-state index contributed by atoms with van der Waals surface area (Å²) in [4.78, 5) is 42.8. The van der Waals surface area contributed by atoms with Crippen LogP contribution in [0.2, 0.25) is 0 Å². The number of benzene rings is 1. The Morgan fingerprint density at radius 2 is 2.05 bits per heavy atom. The standard InChI is InChI=1S/C13H10N4O3S/c1-6-2-3-7-9(4-6)21-13(15-7)17-11(19)8-5-10(18)16-12(20)14-8/h2-5H,1H3,(H,15,17,19)(H2,14,16,18,20). The van der Waals surface area contributed by atoms with Gasteiger partial charge in [0.2, 0.25) is 0 Å². The molecule has 7 nitrogen and oxygen atoms in total. The van der Waals surface area contributed by atoms with Crippen molar-refractivity contribution >= 4 is 32.6 Å². The number of amides is 1. The zero-order chi connectivity index (χ0) is 15.0. The van der Waals surface area contributed by atoms with Crippen molar-refractivity contribution in [3.05, 3.63) is 56.4 Å². The highest BCUT2D eigenvalue weighted by molar-refractivity contribution is 7.22. The van der Waals surface area contributed by atoms with Crippen LogP contribution in [0, 0.1) is 6.92 Å². The summed E-state index contributed by atoms with van der Waals surface area (Å²) in [6.07, 6.45) is 0. The van der Waals surface area contributed by atoms with Crippen LogP contribution in [0.1, 0.15) is 16.1 Å². The van der Waals surface area contributed by atoms with Crippen LogP contribution in [0.5, 0.6) is 0 Å². The predicted octanol–water partition coefficient (Wildman–Crippen LogP) is 1.23. The van der Waals surface area contributed by atoms with Crippen molar-refractivity contribution in [2.45, 2.75) is 6.92 Å². The van der Waals surface area contributed by atoms with Crippen molar-refractivity contribution in [1.82, 2.24) is 15.0 Å². The van der Waals surface area contributed by atoms with Gasteiger partial charge < -0.3 is 4.98 Å². The van der Waals surface area contributed by atoms with E-state index in [1.165, 1.54) is 11.3 Å². The predicted molar refractivity (Wildman–Crippen MR) is 80.0 cm³/mol. The van der Waals surface area contributed by atoms with Gasteiger partial charge in [-0.15, -0.1) is 0 Å². The first-order valence-corrected chi connectivity index (χ1v) is 6.85. The Balaban J connectivity index is 1.92.